The van der Waals surface area contributed by atoms with Crippen LogP contribution in [0.4, 0.5) is 0 Å². The first-order valence-electron chi connectivity index (χ1n) is 8.33. The van der Waals surface area contributed by atoms with Crippen molar-refractivity contribution in [2.24, 2.45) is 0 Å². The van der Waals surface area contributed by atoms with Crippen molar-refractivity contribution in [3.63, 3.8) is 0 Å². The van der Waals surface area contributed by atoms with Gasteiger partial charge in [0.15, 0.2) is 0 Å². The Kier molecular flexibility index (Phi) is 6.84. The topological polar surface area (TPSA) is 72.8 Å². The number of rotatable bonds is 9. The quantitative estimate of drug-likeness (QED) is 0.531. The molecule has 0 heterocycles. The van der Waals surface area contributed by atoms with E-state index in [1.165, 1.54) is 29.8 Å². The minimum atomic E-state index is -4.17. The van der Waals surface area contributed by atoms with Crippen molar-refractivity contribution < 1.29 is 22.4 Å². The molecule has 0 aromatic heterocycles. The Morgan fingerprint density at radius 3 is 1.84 bits per heavy atom. The molecule has 0 aliphatic heterocycles. The molecule has 1 atom stereocenters. The molecule has 1 N–H and O–H groups in total. The van der Waals surface area contributed by atoms with Gasteiger partial charge in [-0.15, -0.1) is 0 Å². The lowest BCUT2D eigenvalue weighted by atomic mass is 9.99. The van der Waals surface area contributed by atoms with Crippen LogP contribution in [0, 0.1) is 0 Å². The molecule has 0 amide bonds. The second kappa shape index (κ2) is 8.87. The van der Waals surface area contributed by atoms with Crippen LogP contribution < -0.4 is 9.47 Å². The summed E-state index contributed by atoms with van der Waals surface area (Å²) in [6.45, 7) is 5.36. The van der Waals surface area contributed by atoms with Crippen molar-refractivity contribution in [1.82, 2.24) is 0 Å². The second-order valence-corrected chi connectivity index (χ2v) is 7.30. The number of benzene rings is 2. The van der Waals surface area contributed by atoms with E-state index in [9.17, 15) is 8.42 Å². The van der Waals surface area contributed by atoms with Gasteiger partial charge in [-0.25, -0.2) is 0 Å². The van der Waals surface area contributed by atoms with E-state index in [1.807, 2.05) is 12.1 Å². The Morgan fingerprint density at radius 1 is 0.920 bits per heavy atom. The van der Waals surface area contributed by atoms with Crippen LogP contribution in [0.5, 0.6) is 11.5 Å². The lowest BCUT2D eigenvalue weighted by Crippen LogP contribution is -2.05. The van der Waals surface area contributed by atoms with E-state index < -0.39 is 10.1 Å². The van der Waals surface area contributed by atoms with Crippen molar-refractivity contribution in [1.29, 1.82) is 0 Å². The summed E-state index contributed by atoms with van der Waals surface area (Å²) in [6, 6.07) is 13.8. The molecule has 0 bridgehead atoms. The van der Waals surface area contributed by atoms with Gasteiger partial charge in [-0.3, -0.25) is 4.55 Å². The first kappa shape index (κ1) is 19.3. The van der Waals surface area contributed by atoms with Crippen LogP contribution >= 0.6 is 0 Å². The van der Waals surface area contributed by atoms with E-state index in [0.717, 1.165) is 12.2 Å². The van der Waals surface area contributed by atoms with Crippen LogP contribution in [0.2, 0.25) is 0 Å². The normalized spacial score (nSPS) is 12.6. The van der Waals surface area contributed by atoms with Crippen molar-refractivity contribution in [2.75, 3.05) is 13.2 Å². The van der Waals surface area contributed by atoms with Crippen LogP contribution in [-0.2, 0) is 10.1 Å². The summed E-state index contributed by atoms with van der Waals surface area (Å²) in [7, 11) is -4.17. The zero-order valence-electron chi connectivity index (χ0n) is 14.5. The van der Waals surface area contributed by atoms with Crippen molar-refractivity contribution in [3.05, 3.63) is 54.1 Å². The van der Waals surface area contributed by atoms with E-state index in [2.05, 4.69) is 26.0 Å². The van der Waals surface area contributed by atoms with Crippen molar-refractivity contribution >= 4 is 10.1 Å². The molecular formula is C19H24O5S. The molecule has 0 saturated heterocycles. The number of hydrogen-bond donors (Lipinski definition) is 1. The van der Waals surface area contributed by atoms with Crippen molar-refractivity contribution in [3.8, 4) is 11.5 Å². The maximum atomic E-state index is 11.0. The summed E-state index contributed by atoms with van der Waals surface area (Å²) in [5, 5.41) is 0. The molecule has 5 nitrogen and oxygen atoms in total. The Balaban J connectivity index is 1.71. The highest BCUT2D eigenvalue weighted by Crippen LogP contribution is 2.21. The van der Waals surface area contributed by atoms with E-state index in [-0.39, 0.29) is 4.90 Å². The van der Waals surface area contributed by atoms with Crippen LogP contribution in [0.1, 0.15) is 38.2 Å². The zero-order valence-corrected chi connectivity index (χ0v) is 15.3. The summed E-state index contributed by atoms with van der Waals surface area (Å²) in [5.41, 5.74) is 1.31. The molecule has 0 saturated carbocycles. The highest BCUT2D eigenvalue weighted by atomic mass is 32.2. The average molecular weight is 364 g/mol. The highest BCUT2D eigenvalue weighted by Gasteiger charge is 2.08. The molecule has 2 aromatic carbocycles. The lowest BCUT2D eigenvalue weighted by molar-refractivity contribution is 0.247. The fourth-order valence-corrected chi connectivity index (χ4v) is 2.76. The standard InChI is InChI=1S/C19H24O5S/c1-3-15(2)16-5-7-17(8-6-16)23-13-4-14-24-18-9-11-19(12-10-18)25(20,21)22/h5-12,15H,3-4,13-14H2,1-2H3,(H,20,21,22). The SMILES string of the molecule is CCC(C)c1ccc(OCCCOc2ccc(S(=O)(=O)O)cc2)cc1. The monoisotopic (exact) mass is 364 g/mol. The Labute approximate surface area is 149 Å². The Morgan fingerprint density at radius 2 is 1.40 bits per heavy atom. The summed E-state index contributed by atoms with van der Waals surface area (Å²) in [6.07, 6.45) is 1.82. The number of ether oxygens (including phenoxy) is 2. The second-order valence-electron chi connectivity index (χ2n) is 5.88. The summed E-state index contributed by atoms with van der Waals surface area (Å²) in [5.74, 6) is 1.93. The van der Waals surface area contributed by atoms with Crippen molar-refractivity contribution in [2.45, 2.75) is 37.5 Å². The van der Waals surface area contributed by atoms with Gasteiger partial charge in [-0.1, -0.05) is 26.0 Å². The van der Waals surface area contributed by atoms with Gasteiger partial charge in [-0.05, 0) is 54.3 Å². The van der Waals surface area contributed by atoms with Crippen LogP contribution in [0.15, 0.2) is 53.4 Å². The largest absolute Gasteiger partial charge is 0.493 e. The van der Waals surface area contributed by atoms with Gasteiger partial charge in [0.05, 0.1) is 18.1 Å². The molecule has 136 valence electrons. The first-order chi connectivity index (χ1) is 11.9. The molecule has 0 spiro atoms. The first-order valence-corrected chi connectivity index (χ1v) is 9.77. The minimum absolute atomic E-state index is 0.149. The summed E-state index contributed by atoms with van der Waals surface area (Å²) >= 11 is 0. The molecule has 2 aromatic rings. The fourth-order valence-electron chi connectivity index (χ4n) is 2.28. The molecule has 0 aliphatic carbocycles. The number of hydrogen-bond acceptors (Lipinski definition) is 4. The van der Waals surface area contributed by atoms with Crippen LogP contribution in [0.25, 0.3) is 0 Å². The molecule has 2 rings (SSSR count). The maximum absolute atomic E-state index is 11.0. The summed E-state index contributed by atoms with van der Waals surface area (Å²) < 4.78 is 42.0. The summed E-state index contributed by atoms with van der Waals surface area (Å²) in [4.78, 5) is -0.149. The maximum Gasteiger partial charge on any atom is 0.294 e. The predicted octanol–water partition coefficient (Wildman–Crippen LogP) is 4.29. The third kappa shape index (κ3) is 6.07. The van der Waals surface area contributed by atoms with E-state index in [4.69, 9.17) is 14.0 Å². The average Bonchev–Trinajstić information content (AvgIpc) is 2.61. The molecular weight excluding hydrogens is 340 g/mol. The van der Waals surface area contributed by atoms with Gasteiger partial charge >= 0.3 is 0 Å². The van der Waals surface area contributed by atoms with Gasteiger partial charge in [0.25, 0.3) is 10.1 Å². The third-order valence-corrected chi connectivity index (χ3v) is 4.88. The molecule has 6 heteroatoms. The van der Waals surface area contributed by atoms with Gasteiger partial charge in [0.2, 0.25) is 0 Å². The minimum Gasteiger partial charge on any atom is -0.493 e. The molecule has 0 radical (unpaired) electrons. The van der Waals surface area contributed by atoms with E-state index in [0.29, 0.717) is 31.3 Å². The van der Waals surface area contributed by atoms with Gasteiger partial charge in [0.1, 0.15) is 11.5 Å². The molecule has 0 fully saturated rings. The highest BCUT2D eigenvalue weighted by molar-refractivity contribution is 7.85. The van der Waals surface area contributed by atoms with Gasteiger partial charge in [0, 0.05) is 6.42 Å². The van der Waals surface area contributed by atoms with E-state index in [1.54, 1.807) is 0 Å². The lowest BCUT2D eigenvalue weighted by Gasteiger charge is -2.11. The van der Waals surface area contributed by atoms with E-state index >= 15 is 0 Å². The van der Waals surface area contributed by atoms with Gasteiger partial charge < -0.3 is 9.47 Å². The molecule has 1 unspecified atom stereocenters. The molecule has 0 aliphatic rings. The Bertz CT molecular complexity index is 751. The van der Waals surface area contributed by atoms with Crippen LogP contribution in [-0.4, -0.2) is 26.2 Å². The predicted molar refractivity (Wildman–Crippen MR) is 97.0 cm³/mol. The van der Waals surface area contributed by atoms with Gasteiger partial charge in [-0.2, -0.15) is 8.42 Å². The van der Waals surface area contributed by atoms with Crippen LogP contribution in [0.3, 0.4) is 0 Å². The zero-order chi connectivity index (χ0) is 18.3. The third-order valence-electron chi connectivity index (χ3n) is 4.01. The Hall–Kier alpha value is -2.05. The molecule has 25 heavy (non-hydrogen) atoms. The fraction of sp³-hybridized carbons (Fsp3) is 0.368. The smallest absolute Gasteiger partial charge is 0.294 e.